The number of hydrogen-bond donors (Lipinski definition) is 1. The van der Waals surface area contributed by atoms with Crippen molar-refractivity contribution in [2.45, 2.75) is 39.7 Å². The third kappa shape index (κ3) is 5.55. The second kappa shape index (κ2) is 10.3. The van der Waals surface area contributed by atoms with Gasteiger partial charge in [0.15, 0.2) is 5.65 Å². The van der Waals surface area contributed by atoms with Gasteiger partial charge >= 0.3 is 6.09 Å². The number of fused-ring (bicyclic) bond motifs is 1. The Labute approximate surface area is 226 Å². The van der Waals surface area contributed by atoms with Gasteiger partial charge in [0, 0.05) is 30.2 Å². The Kier molecular flexibility index (Phi) is 6.91. The highest BCUT2D eigenvalue weighted by Crippen LogP contribution is 2.33. The van der Waals surface area contributed by atoms with E-state index in [1.807, 2.05) is 99.1 Å². The second-order valence-corrected chi connectivity index (χ2v) is 10.4. The maximum absolute atomic E-state index is 11.9. The summed E-state index contributed by atoms with van der Waals surface area (Å²) in [6.07, 6.45) is 3.92. The molecular formula is C29H29ClN6O2. The van der Waals surface area contributed by atoms with Gasteiger partial charge in [0.05, 0.1) is 16.4 Å². The van der Waals surface area contributed by atoms with E-state index in [0.29, 0.717) is 23.8 Å². The lowest BCUT2D eigenvalue weighted by molar-refractivity contribution is 0.0528. The average molecular weight is 529 g/mol. The minimum absolute atomic E-state index is 0.416. The van der Waals surface area contributed by atoms with Gasteiger partial charge in [-0.1, -0.05) is 23.7 Å². The summed E-state index contributed by atoms with van der Waals surface area (Å²) < 4.78 is 9.11. The van der Waals surface area contributed by atoms with Crippen molar-refractivity contribution in [3.05, 3.63) is 89.3 Å². The standard InChI is InChI=1S/C29H29ClN6O2/c1-19-14-17-35(34-19)22-11-12-23(24(30)18-22)26-33-25-6-5-15-31-27(25)36(26)21-9-7-20(8-10-21)13-16-32-28(37)38-29(2,3)4/h5-12,14-15,17-18H,13,16H2,1-4H3,(H,32,37). The molecule has 2 aromatic carbocycles. The van der Waals surface area contributed by atoms with Crippen molar-refractivity contribution in [3.63, 3.8) is 0 Å². The van der Waals surface area contributed by atoms with E-state index in [9.17, 15) is 4.79 Å². The zero-order chi connectivity index (χ0) is 26.9. The number of amides is 1. The van der Waals surface area contributed by atoms with Gasteiger partial charge in [-0.15, -0.1) is 0 Å². The molecule has 0 aliphatic rings. The zero-order valence-corrected chi connectivity index (χ0v) is 22.5. The van der Waals surface area contributed by atoms with E-state index in [-0.39, 0.29) is 0 Å². The van der Waals surface area contributed by atoms with Crippen LogP contribution in [-0.2, 0) is 11.2 Å². The number of rotatable bonds is 6. The summed E-state index contributed by atoms with van der Waals surface area (Å²) in [5, 5.41) is 7.84. The summed E-state index contributed by atoms with van der Waals surface area (Å²) >= 11 is 6.80. The van der Waals surface area contributed by atoms with Crippen molar-refractivity contribution in [2.75, 3.05) is 6.54 Å². The average Bonchev–Trinajstić information content (AvgIpc) is 3.47. The van der Waals surface area contributed by atoms with Gasteiger partial charge in [0.2, 0.25) is 0 Å². The highest BCUT2D eigenvalue weighted by Gasteiger charge is 2.19. The Morgan fingerprint density at radius 3 is 2.50 bits per heavy atom. The topological polar surface area (TPSA) is 86.9 Å². The molecule has 194 valence electrons. The van der Waals surface area contributed by atoms with Crippen LogP contribution in [0, 0.1) is 6.92 Å². The van der Waals surface area contributed by atoms with E-state index in [1.54, 1.807) is 10.9 Å². The maximum atomic E-state index is 11.9. The number of carbonyl (C=O) groups is 1. The number of hydrogen-bond acceptors (Lipinski definition) is 5. The third-order valence-corrected chi connectivity index (χ3v) is 6.19. The molecule has 38 heavy (non-hydrogen) atoms. The van der Waals surface area contributed by atoms with E-state index in [2.05, 4.69) is 15.4 Å². The molecule has 0 aliphatic heterocycles. The highest BCUT2D eigenvalue weighted by molar-refractivity contribution is 6.33. The van der Waals surface area contributed by atoms with Gasteiger partial charge < -0.3 is 10.1 Å². The van der Waals surface area contributed by atoms with Crippen LogP contribution >= 0.6 is 11.6 Å². The van der Waals surface area contributed by atoms with Crippen LogP contribution in [0.3, 0.4) is 0 Å². The van der Waals surface area contributed by atoms with Crippen molar-refractivity contribution in [3.8, 4) is 22.8 Å². The van der Waals surface area contributed by atoms with Gasteiger partial charge in [-0.05, 0) is 88.2 Å². The van der Waals surface area contributed by atoms with Crippen molar-refractivity contribution < 1.29 is 9.53 Å². The molecule has 0 saturated heterocycles. The second-order valence-electron chi connectivity index (χ2n) is 10.0. The number of ether oxygens (including phenoxy) is 1. The lowest BCUT2D eigenvalue weighted by atomic mass is 10.1. The van der Waals surface area contributed by atoms with Crippen LogP contribution in [-0.4, -0.2) is 42.6 Å². The summed E-state index contributed by atoms with van der Waals surface area (Å²) in [6.45, 7) is 7.96. The quantitative estimate of drug-likeness (QED) is 0.279. The molecule has 0 bridgehead atoms. The normalized spacial score (nSPS) is 11.6. The van der Waals surface area contributed by atoms with E-state index < -0.39 is 11.7 Å². The summed E-state index contributed by atoms with van der Waals surface area (Å²) in [4.78, 5) is 21.4. The van der Waals surface area contributed by atoms with Crippen LogP contribution in [0.25, 0.3) is 33.9 Å². The summed E-state index contributed by atoms with van der Waals surface area (Å²) in [6, 6.07) is 19.7. The molecule has 0 radical (unpaired) electrons. The van der Waals surface area contributed by atoms with Crippen molar-refractivity contribution in [1.29, 1.82) is 0 Å². The predicted octanol–water partition coefficient (Wildman–Crippen LogP) is 6.30. The lowest BCUT2D eigenvalue weighted by Gasteiger charge is -2.19. The fourth-order valence-electron chi connectivity index (χ4n) is 4.16. The summed E-state index contributed by atoms with van der Waals surface area (Å²) in [7, 11) is 0. The predicted molar refractivity (Wildman–Crippen MR) is 149 cm³/mol. The Morgan fingerprint density at radius 2 is 1.82 bits per heavy atom. The number of imidazole rings is 1. The van der Waals surface area contributed by atoms with Gasteiger partial charge in [-0.3, -0.25) is 4.57 Å². The molecule has 0 unspecified atom stereocenters. The monoisotopic (exact) mass is 528 g/mol. The number of pyridine rings is 1. The first kappa shape index (κ1) is 25.5. The number of alkyl carbamates (subject to hydrolysis) is 1. The van der Waals surface area contributed by atoms with Gasteiger partial charge in [-0.2, -0.15) is 5.10 Å². The fourth-order valence-corrected chi connectivity index (χ4v) is 4.42. The number of halogens is 1. The molecule has 1 N–H and O–H groups in total. The Balaban J connectivity index is 1.43. The van der Waals surface area contributed by atoms with Crippen molar-refractivity contribution in [1.82, 2.24) is 29.6 Å². The Morgan fingerprint density at radius 1 is 1.05 bits per heavy atom. The molecule has 1 amide bonds. The van der Waals surface area contributed by atoms with E-state index in [4.69, 9.17) is 21.3 Å². The van der Waals surface area contributed by atoms with Crippen LogP contribution in [0.2, 0.25) is 5.02 Å². The number of carbonyl (C=O) groups excluding carboxylic acids is 1. The molecule has 0 atom stereocenters. The van der Waals surface area contributed by atoms with Gasteiger partial charge in [-0.25, -0.2) is 19.4 Å². The van der Waals surface area contributed by atoms with Gasteiger partial charge in [0.1, 0.15) is 16.9 Å². The first-order valence-electron chi connectivity index (χ1n) is 12.4. The molecule has 3 heterocycles. The first-order valence-corrected chi connectivity index (χ1v) is 12.8. The smallest absolute Gasteiger partial charge is 0.407 e. The van der Waals surface area contributed by atoms with Crippen LogP contribution in [0.15, 0.2) is 73.1 Å². The summed E-state index contributed by atoms with van der Waals surface area (Å²) in [5.41, 5.74) is 5.59. The molecule has 9 heteroatoms. The number of aromatic nitrogens is 5. The highest BCUT2D eigenvalue weighted by atomic mass is 35.5. The minimum Gasteiger partial charge on any atom is -0.444 e. The summed E-state index contributed by atoms with van der Waals surface area (Å²) in [5.74, 6) is 0.700. The van der Waals surface area contributed by atoms with Gasteiger partial charge in [0.25, 0.3) is 0 Å². The lowest BCUT2D eigenvalue weighted by Crippen LogP contribution is -2.33. The van der Waals surface area contributed by atoms with Crippen LogP contribution < -0.4 is 5.32 Å². The number of aryl methyl sites for hydroxylation is 1. The molecule has 3 aromatic heterocycles. The van der Waals surface area contributed by atoms with Crippen LogP contribution in [0.1, 0.15) is 32.0 Å². The zero-order valence-electron chi connectivity index (χ0n) is 21.8. The molecular weight excluding hydrogens is 500 g/mol. The number of nitrogens with zero attached hydrogens (tertiary/aromatic N) is 5. The number of nitrogens with one attached hydrogen (secondary N) is 1. The molecule has 0 aliphatic carbocycles. The molecule has 8 nitrogen and oxygen atoms in total. The van der Waals surface area contributed by atoms with Crippen molar-refractivity contribution >= 4 is 28.9 Å². The van der Waals surface area contributed by atoms with Crippen LogP contribution in [0.4, 0.5) is 4.79 Å². The third-order valence-electron chi connectivity index (χ3n) is 5.87. The first-order chi connectivity index (χ1) is 18.2. The molecule has 0 saturated carbocycles. The van der Waals surface area contributed by atoms with E-state index >= 15 is 0 Å². The molecule has 0 spiro atoms. The molecule has 5 rings (SSSR count). The minimum atomic E-state index is -0.521. The molecule has 0 fully saturated rings. The largest absolute Gasteiger partial charge is 0.444 e. The maximum Gasteiger partial charge on any atom is 0.407 e. The molecule has 5 aromatic rings. The fraction of sp³-hybridized carbons (Fsp3) is 0.241. The number of benzene rings is 2. The van der Waals surface area contributed by atoms with Crippen LogP contribution in [0.5, 0.6) is 0 Å². The van der Waals surface area contributed by atoms with E-state index in [0.717, 1.165) is 39.4 Å². The SMILES string of the molecule is Cc1ccn(-c2ccc(-c3nc4cccnc4n3-c3ccc(CCNC(=O)OC(C)(C)C)cc3)c(Cl)c2)n1. The Hall–Kier alpha value is -4.17. The van der Waals surface area contributed by atoms with E-state index in [1.165, 1.54) is 0 Å². The van der Waals surface area contributed by atoms with Crippen molar-refractivity contribution in [2.24, 2.45) is 0 Å². The Bertz CT molecular complexity index is 1600.